The third-order valence-corrected chi connectivity index (χ3v) is 7.07. The van der Waals surface area contributed by atoms with E-state index in [1.54, 1.807) is 29.2 Å². The molecular weight excluding hydrogens is 450 g/mol. The first-order chi connectivity index (χ1) is 16.9. The van der Waals surface area contributed by atoms with Crippen molar-refractivity contribution in [3.05, 3.63) is 70.2 Å². The molecule has 0 fully saturated rings. The zero-order chi connectivity index (χ0) is 24.5. The molecule has 9 nitrogen and oxygen atoms in total. The number of aryl methyl sites for hydroxylation is 1. The second-order valence-electron chi connectivity index (χ2n) is 8.98. The van der Waals surface area contributed by atoms with Crippen molar-refractivity contribution in [2.75, 3.05) is 24.1 Å². The number of allylic oxidation sites excluding steroid dienone is 1. The van der Waals surface area contributed by atoms with Gasteiger partial charge in [-0.3, -0.25) is 14.5 Å². The van der Waals surface area contributed by atoms with Crippen LogP contribution >= 0.6 is 0 Å². The summed E-state index contributed by atoms with van der Waals surface area (Å²) < 4.78 is 16.1. The molecular formula is C26H23N3O6. The molecule has 3 N–H and O–H groups in total. The van der Waals surface area contributed by atoms with Gasteiger partial charge >= 0.3 is 5.97 Å². The minimum absolute atomic E-state index is 0.0358. The lowest BCUT2D eigenvalue weighted by atomic mass is 9.63. The Morgan fingerprint density at radius 1 is 1.11 bits per heavy atom. The van der Waals surface area contributed by atoms with E-state index in [1.165, 1.54) is 7.11 Å². The Hall–Kier alpha value is -4.27. The number of fused-ring (bicyclic) bond motifs is 4. The number of carbonyl (C=O) groups is 3. The number of nitrogens with one attached hydrogen (secondary N) is 1. The fourth-order valence-electron chi connectivity index (χ4n) is 5.64. The monoisotopic (exact) mass is 473 g/mol. The zero-order valence-corrected chi connectivity index (χ0v) is 19.3. The third kappa shape index (κ3) is 2.72. The highest BCUT2D eigenvalue weighted by molar-refractivity contribution is 6.23. The van der Waals surface area contributed by atoms with Gasteiger partial charge in [0.2, 0.25) is 12.7 Å². The molecule has 2 aromatic carbocycles. The topological polar surface area (TPSA) is 120 Å². The first-order valence-corrected chi connectivity index (χ1v) is 11.4. The summed E-state index contributed by atoms with van der Waals surface area (Å²) in [7, 11) is 1.23. The van der Waals surface area contributed by atoms with Crippen LogP contribution < -0.4 is 25.4 Å². The van der Waals surface area contributed by atoms with Crippen molar-refractivity contribution >= 4 is 29.0 Å². The molecule has 1 amide bonds. The summed E-state index contributed by atoms with van der Waals surface area (Å²) >= 11 is 0. The summed E-state index contributed by atoms with van der Waals surface area (Å²) in [5.74, 6) is -0.313. The smallest absolute Gasteiger partial charge is 0.339 e. The van der Waals surface area contributed by atoms with Crippen LogP contribution in [-0.2, 0) is 24.5 Å². The molecule has 1 aliphatic carbocycles. The van der Waals surface area contributed by atoms with E-state index in [4.69, 9.17) is 19.9 Å². The number of nitrogens with two attached hydrogens (primary N) is 1. The minimum Gasteiger partial charge on any atom is -0.466 e. The van der Waals surface area contributed by atoms with Crippen LogP contribution in [0.1, 0.15) is 30.4 Å². The van der Waals surface area contributed by atoms with E-state index in [0.717, 1.165) is 5.56 Å². The number of hydrogen-bond acceptors (Lipinski definition) is 8. The van der Waals surface area contributed by atoms with Crippen molar-refractivity contribution in [3.8, 4) is 11.5 Å². The van der Waals surface area contributed by atoms with Crippen molar-refractivity contribution in [2.24, 2.45) is 5.73 Å². The van der Waals surface area contributed by atoms with Crippen LogP contribution in [0.2, 0.25) is 0 Å². The summed E-state index contributed by atoms with van der Waals surface area (Å²) in [6, 6.07) is 10.7. The highest BCUT2D eigenvalue weighted by atomic mass is 16.7. The lowest BCUT2D eigenvalue weighted by Gasteiger charge is -2.44. The number of hydrogen-bond donors (Lipinski definition) is 2. The van der Waals surface area contributed by atoms with E-state index < -0.39 is 17.3 Å². The molecule has 0 radical (unpaired) electrons. The van der Waals surface area contributed by atoms with Gasteiger partial charge in [-0.15, -0.1) is 0 Å². The summed E-state index contributed by atoms with van der Waals surface area (Å²) in [6.45, 7) is 1.99. The van der Waals surface area contributed by atoms with Gasteiger partial charge in [0.1, 0.15) is 16.8 Å². The maximum atomic E-state index is 13.8. The summed E-state index contributed by atoms with van der Waals surface area (Å²) in [4.78, 5) is 42.5. The SMILES string of the molecule is COC(=O)C1=C(N)N(c2ccc3c(c2)OCO3)C2=C(C(=O)CCC2)C12C(=O)Nc1ccc(C)cc12. The van der Waals surface area contributed by atoms with Gasteiger partial charge in [-0.1, -0.05) is 17.7 Å². The van der Waals surface area contributed by atoms with Gasteiger partial charge in [0.25, 0.3) is 0 Å². The zero-order valence-electron chi connectivity index (χ0n) is 19.3. The number of ketones is 1. The van der Waals surface area contributed by atoms with Crippen LogP contribution in [0.15, 0.2) is 59.1 Å². The summed E-state index contributed by atoms with van der Waals surface area (Å²) in [5.41, 5.74) is 8.37. The second-order valence-corrected chi connectivity index (χ2v) is 8.98. The van der Waals surface area contributed by atoms with Crippen LogP contribution in [0.3, 0.4) is 0 Å². The Kier molecular flexibility index (Phi) is 4.48. The Balaban J connectivity index is 1.70. The number of anilines is 2. The van der Waals surface area contributed by atoms with Crippen molar-refractivity contribution in [2.45, 2.75) is 31.6 Å². The molecule has 178 valence electrons. The van der Waals surface area contributed by atoms with Gasteiger partial charge in [0.05, 0.1) is 12.8 Å². The highest BCUT2D eigenvalue weighted by Gasteiger charge is 2.62. The Bertz CT molecular complexity index is 1410. The molecule has 4 aliphatic rings. The van der Waals surface area contributed by atoms with Gasteiger partial charge in [-0.25, -0.2) is 4.79 Å². The molecule has 35 heavy (non-hydrogen) atoms. The predicted molar refractivity (Wildman–Crippen MR) is 126 cm³/mol. The van der Waals surface area contributed by atoms with Crippen molar-refractivity contribution in [1.29, 1.82) is 0 Å². The predicted octanol–water partition coefficient (Wildman–Crippen LogP) is 2.78. The molecule has 1 spiro atoms. The average Bonchev–Trinajstić information content (AvgIpc) is 3.41. The van der Waals surface area contributed by atoms with Gasteiger partial charge < -0.3 is 25.3 Å². The van der Waals surface area contributed by atoms with Crippen LogP contribution in [0, 0.1) is 6.92 Å². The van der Waals surface area contributed by atoms with Crippen molar-refractivity contribution in [1.82, 2.24) is 0 Å². The lowest BCUT2D eigenvalue weighted by molar-refractivity contribution is -0.138. The molecule has 1 unspecified atom stereocenters. The van der Waals surface area contributed by atoms with E-state index in [-0.39, 0.29) is 36.0 Å². The molecule has 9 heteroatoms. The van der Waals surface area contributed by atoms with Crippen LogP contribution in [0.4, 0.5) is 11.4 Å². The molecule has 2 aromatic rings. The first-order valence-electron chi connectivity index (χ1n) is 11.4. The average molecular weight is 473 g/mol. The number of benzene rings is 2. The van der Waals surface area contributed by atoms with E-state index in [2.05, 4.69) is 5.32 Å². The Labute approximate surface area is 201 Å². The van der Waals surface area contributed by atoms with Crippen LogP contribution in [0.25, 0.3) is 0 Å². The minimum atomic E-state index is -1.70. The molecule has 6 rings (SSSR count). The summed E-state index contributed by atoms with van der Waals surface area (Å²) in [6.07, 6.45) is 1.36. The number of carbonyl (C=O) groups excluding carboxylic acids is 3. The van der Waals surface area contributed by atoms with E-state index in [1.807, 2.05) is 19.1 Å². The third-order valence-electron chi connectivity index (χ3n) is 7.07. The first kappa shape index (κ1) is 21.3. The van der Waals surface area contributed by atoms with Crippen molar-refractivity contribution < 1.29 is 28.6 Å². The van der Waals surface area contributed by atoms with E-state index >= 15 is 0 Å². The number of esters is 1. The van der Waals surface area contributed by atoms with Gasteiger partial charge in [0, 0.05) is 35.0 Å². The molecule has 0 saturated carbocycles. The Morgan fingerprint density at radius 3 is 2.71 bits per heavy atom. The van der Waals surface area contributed by atoms with Crippen LogP contribution in [0.5, 0.6) is 11.5 Å². The normalized spacial score (nSPS) is 22.4. The molecule has 0 bridgehead atoms. The summed E-state index contributed by atoms with van der Waals surface area (Å²) in [5, 5.41) is 2.88. The fraction of sp³-hybridized carbons (Fsp3) is 0.269. The highest BCUT2D eigenvalue weighted by Crippen LogP contribution is 2.56. The van der Waals surface area contributed by atoms with E-state index in [9.17, 15) is 14.4 Å². The molecule has 0 saturated heterocycles. The van der Waals surface area contributed by atoms with E-state index in [0.29, 0.717) is 47.0 Å². The quantitative estimate of drug-likeness (QED) is 0.639. The second kappa shape index (κ2) is 7.36. The number of rotatable bonds is 2. The largest absolute Gasteiger partial charge is 0.466 e. The maximum absolute atomic E-state index is 13.8. The van der Waals surface area contributed by atoms with Gasteiger partial charge in [0.15, 0.2) is 17.3 Å². The van der Waals surface area contributed by atoms with Gasteiger partial charge in [-0.2, -0.15) is 0 Å². The van der Waals surface area contributed by atoms with Crippen LogP contribution in [-0.4, -0.2) is 31.6 Å². The molecule has 3 heterocycles. The Morgan fingerprint density at radius 2 is 1.91 bits per heavy atom. The standard InChI is InChI=1S/C26H23N3O6/c1-13-6-8-16-15(10-13)26(25(32)28-16)21-17(4-3-5-18(21)30)29(23(27)22(26)24(31)33-2)14-7-9-19-20(11-14)35-12-34-19/h6-11H,3-5,12,27H2,1-2H3,(H,28,32). The molecule has 1 atom stereocenters. The number of amides is 1. The maximum Gasteiger partial charge on any atom is 0.339 e. The number of nitrogens with zero attached hydrogens (tertiary/aromatic N) is 1. The fourth-order valence-corrected chi connectivity index (χ4v) is 5.64. The number of ether oxygens (including phenoxy) is 3. The number of methoxy groups -OCH3 is 1. The molecule has 0 aromatic heterocycles. The lowest BCUT2D eigenvalue weighted by Crippen LogP contribution is -2.53. The number of Topliss-reactive ketones (excluding diaryl/α,β-unsaturated/α-hetero) is 1. The van der Waals surface area contributed by atoms with Crippen molar-refractivity contribution in [3.63, 3.8) is 0 Å². The molecule has 3 aliphatic heterocycles. The van der Waals surface area contributed by atoms with Gasteiger partial charge in [-0.05, 0) is 38.0 Å².